The lowest BCUT2D eigenvalue weighted by atomic mass is 10.1. The summed E-state index contributed by atoms with van der Waals surface area (Å²) in [7, 11) is 0. The van der Waals surface area contributed by atoms with E-state index in [1.807, 2.05) is 32.0 Å². The average molecular weight is 355 g/mol. The third-order valence-corrected chi connectivity index (χ3v) is 4.65. The maximum Gasteiger partial charge on any atom is 0.294 e. The highest BCUT2D eigenvalue weighted by molar-refractivity contribution is 8.18. The van der Waals surface area contributed by atoms with Crippen LogP contribution in [0, 0.1) is 13.8 Å². The summed E-state index contributed by atoms with van der Waals surface area (Å²) in [6.07, 6.45) is 3.33. The van der Waals surface area contributed by atoms with Crippen LogP contribution in [0.5, 0.6) is 0 Å². The molecule has 6 nitrogen and oxygen atoms in total. The van der Waals surface area contributed by atoms with Crippen molar-refractivity contribution in [3.63, 3.8) is 0 Å². The molecule has 3 amide bonds. The van der Waals surface area contributed by atoms with E-state index in [1.165, 1.54) is 0 Å². The first-order chi connectivity index (χ1) is 11.9. The van der Waals surface area contributed by atoms with Crippen LogP contribution in [0.2, 0.25) is 0 Å². The highest BCUT2D eigenvalue weighted by atomic mass is 32.2. The van der Waals surface area contributed by atoms with E-state index in [-0.39, 0.29) is 6.54 Å². The Kier molecular flexibility index (Phi) is 4.76. The minimum absolute atomic E-state index is 0.298. The van der Waals surface area contributed by atoms with Gasteiger partial charge in [-0.05, 0) is 55.4 Å². The van der Waals surface area contributed by atoms with Crippen molar-refractivity contribution < 1.29 is 14.4 Å². The van der Waals surface area contributed by atoms with Crippen LogP contribution in [0.15, 0.2) is 41.4 Å². The Hall–Kier alpha value is -2.80. The van der Waals surface area contributed by atoms with E-state index in [1.54, 1.807) is 24.4 Å². The molecule has 2 N–H and O–H groups in total. The molecule has 0 atom stereocenters. The first-order valence-corrected chi connectivity index (χ1v) is 8.51. The van der Waals surface area contributed by atoms with Crippen molar-refractivity contribution >= 4 is 40.6 Å². The third kappa shape index (κ3) is 3.83. The monoisotopic (exact) mass is 355 g/mol. The highest BCUT2D eigenvalue weighted by Gasteiger charge is 2.36. The fourth-order valence-corrected chi connectivity index (χ4v) is 3.33. The molecule has 2 aromatic rings. The van der Waals surface area contributed by atoms with E-state index in [9.17, 15) is 14.4 Å². The van der Waals surface area contributed by atoms with Crippen molar-refractivity contribution in [3.05, 3.63) is 58.3 Å². The molecule has 25 heavy (non-hydrogen) atoms. The van der Waals surface area contributed by atoms with Gasteiger partial charge in [-0.15, -0.1) is 0 Å². The van der Waals surface area contributed by atoms with E-state index < -0.39 is 17.1 Å². The van der Waals surface area contributed by atoms with Crippen LogP contribution in [0.1, 0.15) is 16.8 Å². The summed E-state index contributed by atoms with van der Waals surface area (Å²) in [6, 6.07) is 9.24. The zero-order chi connectivity index (χ0) is 18.0. The van der Waals surface area contributed by atoms with Gasteiger partial charge >= 0.3 is 0 Å². The van der Waals surface area contributed by atoms with Gasteiger partial charge in [-0.25, -0.2) is 0 Å². The van der Waals surface area contributed by atoms with Crippen LogP contribution in [-0.2, 0) is 9.59 Å². The lowest BCUT2D eigenvalue weighted by Gasteiger charge is -2.13. The number of carbonyl (C=O) groups excluding carboxylic acids is 3. The molecule has 0 aliphatic carbocycles. The van der Waals surface area contributed by atoms with Crippen LogP contribution < -0.4 is 5.32 Å². The van der Waals surface area contributed by atoms with Gasteiger partial charge in [-0.3, -0.25) is 19.3 Å². The molecule has 0 radical (unpaired) electrons. The zero-order valence-corrected chi connectivity index (χ0v) is 14.6. The Bertz CT molecular complexity index is 872. The van der Waals surface area contributed by atoms with E-state index in [4.69, 9.17) is 0 Å². The number of carbonyl (C=O) groups is 3. The lowest BCUT2D eigenvalue weighted by Crippen LogP contribution is -2.36. The summed E-state index contributed by atoms with van der Waals surface area (Å²) in [4.78, 5) is 40.9. The van der Waals surface area contributed by atoms with Crippen molar-refractivity contribution in [2.75, 3.05) is 11.9 Å². The average Bonchev–Trinajstić information content (AvgIpc) is 3.15. The molecule has 0 spiro atoms. The van der Waals surface area contributed by atoms with Crippen molar-refractivity contribution in [2.45, 2.75) is 13.8 Å². The van der Waals surface area contributed by atoms with Gasteiger partial charge in [0, 0.05) is 17.6 Å². The fourth-order valence-electron chi connectivity index (χ4n) is 2.50. The number of aromatic amines is 1. The Morgan fingerprint density at radius 3 is 2.76 bits per heavy atom. The number of rotatable bonds is 4. The van der Waals surface area contributed by atoms with Gasteiger partial charge in [0.2, 0.25) is 5.91 Å². The molecule has 1 fully saturated rings. The molecule has 3 rings (SSSR count). The number of nitrogens with zero attached hydrogens (tertiary/aromatic N) is 1. The zero-order valence-electron chi connectivity index (χ0n) is 13.8. The molecule has 0 unspecified atom stereocenters. The molecule has 1 aromatic heterocycles. The fraction of sp³-hybridized carbons (Fsp3) is 0.167. The molecule has 0 saturated carbocycles. The van der Waals surface area contributed by atoms with Gasteiger partial charge in [0.05, 0.1) is 4.91 Å². The van der Waals surface area contributed by atoms with Crippen molar-refractivity contribution in [1.29, 1.82) is 0 Å². The van der Waals surface area contributed by atoms with Crippen LogP contribution in [0.25, 0.3) is 6.08 Å². The maximum atomic E-state index is 12.4. The number of H-pyrrole nitrogens is 1. The first kappa shape index (κ1) is 17.0. The number of thioether (sulfide) groups is 1. The van der Waals surface area contributed by atoms with E-state index in [0.717, 1.165) is 33.5 Å². The van der Waals surface area contributed by atoms with Crippen molar-refractivity contribution in [1.82, 2.24) is 9.88 Å². The summed E-state index contributed by atoms with van der Waals surface area (Å²) in [5, 5.41) is 2.30. The minimum Gasteiger partial charge on any atom is -0.362 e. The van der Waals surface area contributed by atoms with Gasteiger partial charge < -0.3 is 10.3 Å². The molecular formula is C18H17N3O3S. The predicted molar refractivity (Wildman–Crippen MR) is 98.0 cm³/mol. The largest absolute Gasteiger partial charge is 0.362 e. The SMILES string of the molecule is Cc1ccc(NC(=O)CN2C(=O)S/C(=C/c3ccc[nH]3)C2=O)c(C)c1. The van der Waals surface area contributed by atoms with Gasteiger partial charge in [0.15, 0.2) is 0 Å². The smallest absolute Gasteiger partial charge is 0.294 e. The van der Waals surface area contributed by atoms with Crippen LogP contribution in [0.4, 0.5) is 10.5 Å². The second-order valence-corrected chi connectivity index (χ2v) is 6.75. The van der Waals surface area contributed by atoms with Gasteiger partial charge in [-0.2, -0.15) is 0 Å². The number of benzene rings is 1. The van der Waals surface area contributed by atoms with E-state index in [2.05, 4.69) is 10.3 Å². The van der Waals surface area contributed by atoms with Gasteiger partial charge in [0.25, 0.3) is 11.1 Å². The van der Waals surface area contributed by atoms with Gasteiger partial charge in [0.1, 0.15) is 6.54 Å². The van der Waals surface area contributed by atoms with Crippen LogP contribution in [-0.4, -0.2) is 33.5 Å². The molecule has 128 valence electrons. The highest BCUT2D eigenvalue weighted by Crippen LogP contribution is 2.31. The molecule has 2 heterocycles. The maximum absolute atomic E-state index is 12.4. The quantitative estimate of drug-likeness (QED) is 0.825. The number of hydrogen-bond donors (Lipinski definition) is 2. The third-order valence-electron chi connectivity index (χ3n) is 3.74. The Balaban J connectivity index is 1.69. The Morgan fingerprint density at radius 2 is 2.08 bits per heavy atom. The summed E-state index contributed by atoms with van der Waals surface area (Å²) >= 11 is 0.832. The minimum atomic E-state index is -0.458. The van der Waals surface area contributed by atoms with E-state index >= 15 is 0 Å². The lowest BCUT2D eigenvalue weighted by molar-refractivity contribution is -0.127. The number of aryl methyl sites for hydroxylation is 2. The second kappa shape index (κ2) is 6.98. The van der Waals surface area contributed by atoms with Crippen molar-refractivity contribution in [3.8, 4) is 0 Å². The first-order valence-electron chi connectivity index (χ1n) is 7.70. The molecule has 1 aliphatic rings. The topological polar surface area (TPSA) is 82.3 Å². The molecule has 1 aliphatic heterocycles. The summed E-state index contributed by atoms with van der Waals surface area (Å²) < 4.78 is 0. The number of imide groups is 1. The molecule has 1 saturated heterocycles. The Labute approximate surface area is 149 Å². The van der Waals surface area contributed by atoms with Gasteiger partial charge in [-0.1, -0.05) is 17.7 Å². The summed E-state index contributed by atoms with van der Waals surface area (Å²) in [5.74, 6) is -0.865. The molecule has 1 aromatic carbocycles. The summed E-state index contributed by atoms with van der Waals surface area (Å²) in [6.45, 7) is 3.55. The normalized spacial score (nSPS) is 15.9. The molecule has 7 heteroatoms. The number of hydrogen-bond acceptors (Lipinski definition) is 4. The molecule has 0 bridgehead atoms. The standard InChI is InChI=1S/C18H17N3O3S/c1-11-5-6-14(12(2)8-11)20-16(22)10-21-17(23)15(25-18(21)24)9-13-4-3-7-19-13/h3-9,19H,10H2,1-2H3,(H,20,22)/b15-9+. The number of anilines is 1. The summed E-state index contributed by atoms with van der Waals surface area (Å²) in [5.41, 5.74) is 3.42. The number of aromatic nitrogens is 1. The number of amides is 3. The van der Waals surface area contributed by atoms with Crippen molar-refractivity contribution in [2.24, 2.45) is 0 Å². The molecular weight excluding hydrogens is 338 g/mol. The Morgan fingerprint density at radius 1 is 1.28 bits per heavy atom. The number of nitrogens with one attached hydrogen (secondary N) is 2. The van der Waals surface area contributed by atoms with Crippen LogP contribution in [0.3, 0.4) is 0 Å². The van der Waals surface area contributed by atoms with Crippen LogP contribution >= 0.6 is 11.8 Å². The second-order valence-electron chi connectivity index (χ2n) is 5.76. The van der Waals surface area contributed by atoms with E-state index in [0.29, 0.717) is 10.6 Å². The predicted octanol–water partition coefficient (Wildman–Crippen LogP) is 3.31.